The van der Waals surface area contributed by atoms with E-state index in [4.69, 9.17) is 4.74 Å². The number of hydrogen-bond acceptors (Lipinski definition) is 3. The van der Waals surface area contributed by atoms with Crippen molar-refractivity contribution in [3.8, 4) is 11.1 Å². The fraction of sp³-hybridized carbons (Fsp3) is 0.350. The number of carbonyl (C=O) groups excluding carboxylic acids is 1. The van der Waals surface area contributed by atoms with Gasteiger partial charge in [0.2, 0.25) is 0 Å². The molecule has 0 bridgehead atoms. The van der Waals surface area contributed by atoms with Crippen molar-refractivity contribution in [2.45, 2.75) is 6.42 Å². The van der Waals surface area contributed by atoms with Gasteiger partial charge in [-0.2, -0.15) is 0 Å². The Balaban J connectivity index is 1.38. The summed E-state index contributed by atoms with van der Waals surface area (Å²) in [4.78, 5) is 14.7. The second kappa shape index (κ2) is 6.75. The highest BCUT2D eigenvalue weighted by molar-refractivity contribution is 5.95. The van der Waals surface area contributed by atoms with E-state index in [0.29, 0.717) is 6.54 Å². The molecule has 1 N–H and O–H groups in total. The molecular weight excluding hydrogens is 300 g/mol. The first-order chi connectivity index (χ1) is 11.8. The largest absolute Gasteiger partial charge is 0.379 e. The normalized spacial score (nSPS) is 16.5. The summed E-state index contributed by atoms with van der Waals surface area (Å²) >= 11 is 0. The molecule has 1 amide bonds. The summed E-state index contributed by atoms with van der Waals surface area (Å²) in [5, 5.41) is 3.04. The van der Waals surface area contributed by atoms with Crippen LogP contribution in [-0.4, -0.2) is 50.2 Å². The van der Waals surface area contributed by atoms with Crippen molar-refractivity contribution in [1.82, 2.24) is 10.2 Å². The van der Waals surface area contributed by atoms with Crippen molar-refractivity contribution < 1.29 is 9.53 Å². The molecule has 1 aliphatic heterocycles. The molecule has 2 aromatic carbocycles. The average Bonchev–Trinajstić information content (AvgIpc) is 3.00. The summed E-state index contributed by atoms with van der Waals surface area (Å²) in [5.41, 5.74) is 5.90. The van der Waals surface area contributed by atoms with Gasteiger partial charge in [0, 0.05) is 31.7 Å². The van der Waals surface area contributed by atoms with Crippen molar-refractivity contribution >= 4 is 5.91 Å². The van der Waals surface area contributed by atoms with E-state index >= 15 is 0 Å². The van der Waals surface area contributed by atoms with E-state index in [1.165, 1.54) is 22.3 Å². The van der Waals surface area contributed by atoms with Crippen molar-refractivity contribution in [1.29, 1.82) is 0 Å². The van der Waals surface area contributed by atoms with E-state index in [-0.39, 0.29) is 5.91 Å². The Morgan fingerprint density at radius 3 is 2.71 bits per heavy atom. The molecule has 1 heterocycles. The van der Waals surface area contributed by atoms with Crippen molar-refractivity contribution in [2.24, 2.45) is 0 Å². The molecule has 24 heavy (non-hydrogen) atoms. The highest BCUT2D eigenvalue weighted by Crippen LogP contribution is 2.36. The van der Waals surface area contributed by atoms with Crippen molar-refractivity contribution in [3.63, 3.8) is 0 Å². The summed E-state index contributed by atoms with van der Waals surface area (Å²) in [6, 6.07) is 14.5. The number of fused-ring (bicyclic) bond motifs is 3. The molecule has 1 fully saturated rings. The molecule has 4 nitrogen and oxygen atoms in total. The van der Waals surface area contributed by atoms with Crippen LogP contribution in [0.25, 0.3) is 11.1 Å². The molecule has 0 radical (unpaired) electrons. The lowest BCUT2D eigenvalue weighted by molar-refractivity contribution is 0.0383. The van der Waals surface area contributed by atoms with Crippen LogP contribution < -0.4 is 5.32 Å². The maximum absolute atomic E-state index is 12.4. The van der Waals surface area contributed by atoms with Crippen LogP contribution in [0, 0.1) is 0 Å². The number of ether oxygens (including phenoxy) is 1. The van der Waals surface area contributed by atoms with Gasteiger partial charge in [0.1, 0.15) is 0 Å². The van der Waals surface area contributed by atoms with Gasteiger partial charge in [-0.05, 0) is 40.8 Å². The van der Waals surface area contributed by atoms with Crippen molar-refractivity contribution in [2.75, 3.05) is 39.4 Å². The molecule has 2 aromatic rings. The number of rotatable bonds is 4. The van der Waals surface area contributed by atoms with E-state index < -0.39 is 0 Å². The van der Waals surface area contributed by atoms with Crippen LogP contribution in [-0.2, 0) is 11.2 Å². The molecule has 1 saturated heterocycles. The van der Waals surface area contributed by atoms with Gasteiger partial charge in [-0.25, -0.2) is 0 Å². The lowest BCUT2D eigenvalue weighted by atomic mass is 10.0. The van der Waals surface area contributed by atoms with Crippen LogP contribution in [0.3, 0.4) is 0 Å². The second-order valence-electron chi connectivity index (χ2n) is 6.42. The highest BCUT2D eigenvalue weighted by atomic mass is 16.5. The Morgan fingerprint density at radius 2 is 1.83 bits per heavy atom. The Labute approximate surface area is 142 Å². The highest BCUT2D eigenvalue weighted by Gasteiger charge is 2.19. The van der Waals surface area contributed by atoms with Crippen molar-refractivity contribution in [3.05, 3.63) is 59.2 Å². The smallest absolute Gasteiger partial charge is 0.251 e. The van der Waals surface area contributed by atoms with Crippen LogP contribution >= 0.6 is 0 Å². The monoisotopic (exact) mass is 322 g/mol. The van der Waals surface area contributed by atoms with Crippen LogP contribution in [0.15, 0.2) is 42.5 Å². The zero-order valence-corrected chi connectivity index (χ0v) is 13.8. The molecule has 0 saturated carbocycles. The second-order valence-corrected chi connectivity index (χ2v) is 6.42. The van der Waals surface area contributed by atoms with Crippen LogP contribution in [0.2, 0.25) is 0 Å². The average molecular weight is 322 g/mol. The van der Waals surface area contributed by atoms with E-state index in [1.807, 2.05) is 12.1 Å². The first-order valence-electron chi connectivity index (χ1n) is 8.61. The van der Waals surface area contributed by atoms with Gasteiger partial charge in [0.25, 0.3) is 5.91 Å². The minimum Gasteiger partial charge on any atom is -0.379 e. The van der Waals surface area contributed by atoms with Gasteiger partial charge in [-0.3, -0.25) is 9.69 Å². The quantitative estimate of drug-likeness (QED) is 0.801. The first-order valence-corrected chi connectivity index (χ1v) is 8.61. The maximum Gasteiger partial charge on any atom is 0.251 e. The Morgan fingerprint density at radius 1 is 1.04 bits per heavy atom. The van der Waals surface area contributed by atoms with Gasteiger partial charge in [-0.1, -0.05) is 30.3 Å². The summed E-state index contributed by atoms with van der Waals surface area (Å²) in [5.74, 6) is 0.0158. The molecule has 2 aliphatic rings. The van der Waals surface area contributed by atoms with Crippen LogP contribution in [0.4, 0.5) is 0 Å². The Kier molecular flexibility index (Phi) is 4.32. The predicted octanol–water partition coefficient (Wildman–Crippen LogP) is 2.32. The van der Waals surface area contributed by atoms with E-state index in [1.54, 1.807) is 0 Å². The minimum atomic E-state index is 0.0158. The Bertz CT molecular complexity index is 751. The van der Waals surface area contributed by atoms with Gasteiger partial charge in [0.05, 0.1) is 13.2 Å². The molecule has 1 aliphatic carbocycles. The third-order valence-electron chi connectivity index (χ3n) is 4.87. The molecule has 0 unspecified atom stereocenters. The Hall–Kier alpha value is -2.17. The number of nitrogens with zero attached hydrogens (tertiary/aromatic N) is 1. The summed E-state index contributed by atoms with van der Waals surface area (Å²) in [6.45, 7) is 5.04. The molecule has 4 heteroatoms. The van der Waals surface area contributed by atoms with Gasteiger partial charge in [0.15, 0.2) is 0 Å². The van der Waals surface area contributed by atoms with E-state index in [9.17, 15) is 4.79 Å². The summed E-state index contributed by atoms with van der Waals surface area (Å²) < 4.78 is 5.34. The van der Waals surface area contributed by atoms with Gasteiger partial charge >= 0.3 is 0 Å². The molecule has 0 aromatic heterocycles. The molecule has 0 atom stereocenters. The predicted molar refractivity (Wildman–Crippen MR) is 94.3 cm³/mol. The van der Waals surface area contributed by atoms with Gasteiger partial charge < -0.3 is 10.1 Å². The molecule has 124 valence electrons. The first kappa shape index (κ1) is 15.4. The number of nitrogens with one attached hydrogen (secondary N) is 1. The summed E-state index contributed by atoms with van der Waals surface area (Å²) in [7, 11) is 0. The van der Waals surface area contributed by atoms with Gasteiger partial charge in [-0.15, -0.1) is 0 Å². The van der Waals surface area contributed by atoms with E-state index in [2.05, 4.69) is 40.5 Å². The number of carbonyl (C=O) groups is 1. The third kappa shape index (κ3) is 3.07. The third-order valence-corrected chi connectivity index (χ3v) is 4.87. The van der Waals surface area contributed by atoms with E-state index in [0.717, 1.165) is 44.8 Å². The number of amides is 1. The summed E-state index contributed by atoms with van der Waals surface area (Å²) in [6.07, 6.45) is 0.917. The topological polar surface area (TPSA) is 41.6 Å². The maximum atomic E-state index is 12.4. The standard InChI is InChI=1S/C20H22N2O2/c23-20(21-7-8-22-9-11-24-12-10-22)16-5-6-19-17(14-16)13-15-3-1-2-4-18(15)19/h1-6,14H,7-13H2,(H,21,23). The van der Waals surface area contributed by atoms with Crippen LogP contribution in [0.1, 0.15) is 21.5 Å². The molecule has 4 rings (SSSR count). The SMILES string of the molecule is O=C(NCCN1CCOCC1)c1ccc2c(c1)Cc1ccccc1-2. The fourth-order valence-electron chi connectivity index (χ4n) is 3.54. The lowest BCUT2D eigenvalue weighted by Crippen LogP contribution is -2.41. The fourth-order valence-corrected chi connectivity index (χ4v) is 3.54. The molecule has 0 spiro atoms. The zero-order chi connectivity index (χ0) is 16.4. The molecular formula is C20H22N2O2. The lowest BCUT2D eigenvalue weighted by Gasteiger charge is -2.26. The number of morpholine rings is 1. The van der Waals surface area contributed by atoms with Crippen LogP contribution in [0.5, 0.6) is 0 Å². The zero-order valence-electron chi connectivity index (χ0n) is 13.8. The number of hydrogen-bond donors (Lipinski definition) is 1. The minimum absolute atomic E-state index is 0.0158. The number of benzene rings is 2.